The smallest absolute Gasteiger partial charge is 0.457 e. The van der Waals surface area contributed by atoms with Gasteiger partial charge in [-0.15, -0.1) is 0 Å². The number of carbonyl (C=O) groups is 1. The normalized spacial score (nSPS) is 38.4. The quantitative estimate of drug-likeness (QED) is 0.372. The molecule has 5 fully saturated rings. The molecule has 0 radical (unpaired) electrons. The Hall–Kier alpha value is -1.14. The molecule has 1 saturated heterocycles. The molecule has 4 aliphatic carbocycles. The maximum atomic E-state index is 13.8. The van der Waals surface area contributed by atoms with Crippen LogP contribution in [-0.4, -0.2) is 61.8 Å². The van der Waals surface area contributed by atoms with Gasteiger partial charge in [0.2, 0.25) is 0 Å². The molecule has 4 saturated carbocycles. The molecule has 0 amide bonds. The van der Waals surface area contributed by atoms with Crippen molar-refractivity contribution in [2.24, 2.45) is 17.8 Å². The Kier molecular flexibility index (Phi) is 5.10. The van der Waals surface area contributed by atoms with Crippen molar-refractivity contribution in [3.8, 4) is 0 Å². The average Bonchev–Trinajstić information content (AvgIpc) is 2.71. The lowest BCUT2D eigenvalue weighted by Crippen LogP contribution is -2.66. The molecule has 2 unspecified atom stereocenters. The Labute approximate surface area is 167 Å². The van der Waals surface area contributed by atoms with Gasteiger partial charge in [0.25, 0.3) is 0 Å². The summed E-state index contributed by atoms with van der Waals surface area (Å²) >= 11 is 0. The first-order chi connectivity index (χ1) is 13.8. The summed E-state index contributed by atoms with van der Waals surface area (Å²) in [5.74, 6) is -13.3. The SMILES string of the molecule is O=C(OCCOC12CC3CC(C1)C1(OCC(F)(F)C(F)(F)CO1)C(C3)C2)C(F)(F)F. The van der Waals surface area contributed by atoms with Crippen molar-refractivity contribution in [1.29, 1.82) is 0 Å². The number of esters is 1. The van der Waals surface area contributed by atoms with E-state index in [1.54, 1.807) is 0 Å². The fraction of sp³-hybridized carbons (Fsp3) is 0.944. The van der Waals surface area contributed by atoms with E-state index >= 15 is 0 Å². The zero-order chi connectivity index (χ0) is 22.0. The van der Waals surface area contributed by atoms with E-state index in [0.717, 1.165) is 0 Å². The first-order valence-corrected chi connectivity index (χ1v) is 9.70. The van der Waals surface area contributed by atoms with Crippen molar-refractivity contribution in [1.82, 2.24) is 0 Å². The predicted molar refractivity (Wildman–Crippen MR) is 83.8 cm³/mol. The summed E-state index contributed by atoms with van der Waals surface area (Å²) in [4.78, 5) is 10.8. The van der Waals surface area contributed by atoms with Crippen LogP contribution in [0.5, 0.6) is 0 Å². The Bertz CT molecular complexity index is 659. The van der Waals surface area contributed by atoms with E-state index in [1.807, 2.05) is 0 Å². The fourth-order valence-corrected chi connectivity index (χ4v) is 5.64. The molecule has 1 heterocycles. The standard InChI is InChI=1S/C18H21F7O5/c19-15(20)8-29-17(30-9-16(15,21)22)11-3-10-4-12(17)7-14(5-10,6-11)28-2-1-27-13(26)18(23,24)25/h10-12H,1-9H2. The molecule has 5 aliphatic rings. The summed E-state index contributed by atoms with van der Waals surface area (Å²) in [7, 11) is 0. The molecular formula is C18H21F7O5. The van der Waals surface area contributed by atoms with Gasteiger partial charge in [-0.1, -0.05) is 0 Å². The third-order valence-corrected chi connectivity index (χ3v) is 6.72. The lowest BCUT2D eigenvalue weighted by Gasteiger charge is -2.63. The van der Waals surface area contributed by atoms with Crippen LogP contribution in [0.25, 0.3) is 0 Å². The molecule has 5 rings (SSSR count). The van der Waals surface area contributed by atoms with Crippen LogP contribution in [0.1, 0.15) is 32.1 Å². The molecule has 4 bridgehead atoms. The molecule has 2 atom stereocenters. The van der Waals surface area contributed by atoms with Crippen LogP contribution in [-0.2, 0) is 23.7 Å². The number of carbonyl (C=O) groups excluding carboxylic acids is 1. The lowest BCUT2D eigenvalue weighted by atomic mass is 9.51. The molecule has 12 heteroatoms. The van der Waals surface area contributed by atoms with Crippen molar-refractivity contribution < 1.29 is 54.5 Å². The molecular weight excluding hydrogens is 429 g/mol. The highest BCUT2D eigenvalue weighted by Gasteiger charge is 2.69. The summed E-state index contributed by atoms with van der Waals surface area (Å²) in [5.41, 5.74) is -0.754. The highest BCUT2D eigenvalue weighted by Crippen LogP contribution is 2.63. The lowest BCUT2D eigenvalue weighted by molar-refractivity contribution is -0.358. The molecule has 0 aromatic carbocycles. The first-order valence-electron chi connectivity index (χ1n) is 9.70. The van der Waals surface area contributed by atoms with Crippen LogP contribution in [0.2, 0.25) is 0 Å². The molecule has 172 valence electrons. The highest BCUT2D eigenvalue weighted by molar-refractivity contribution is 5.75. The second-order valence-electron chi connectivity index (χ2n) is 8.72. The number of rotatable bonds is 4. The molecule has 1 aliphatic heterocycles. The van der Waals surface area contributed by atoms with Gasteiger partial charge in [-0.05, 0) is 38.0 Å². The van der Waals surface area contributed by atoms with E-state index in [2.05, 4.69) is 4.74 Å². The van der Waals surface area contributed by atoms with Gasteiger partial charge in [-0.2, -0.15) is 30.7 Å². The van der Waals surface area contributed by atoms with Gasteiger partial charge in [0.15, 0.2) is 5.79 Å². The van der Waals surface area contributed by atoms with Gasteiger partial charge in [-0.3, -0.25) is 0 Å². The number of halogens is 7. The average molecular weight is 450 g/mol. The van der Waals surface area contributed by atoms with Gasteiger partial charge in [0.1, 0.15) is 19.8 Å². The van der Waals surface area contributed by atoms with Crippen LogP contribution in [0.15, 0.2) is 0 Å². The minimum atomic E-state index is -5.09. The Morgan fingerprint density at radius 1 is 0.900 bits per heavy atom. The predicted octanol–water partition coefficient (Wildman–Crippen LogP) is 3.70. The Balaban J connectivity index is 1.42. The minimum absolute atomic E-state index is 0.141. The summed E-state index contributed by atoms with van der Waals surface area (Å²) in [6.45, 7) is -3.74. The molecule has 1 spiro atoms. The van der Waals surface area contributed by atoms with E-state index in [4.69, 9.17) is 14.2 Å². The van der Waals surface area contributed by atoms with Gasteiger partial charge in [-0.25, -0.2) is 4.79 Å². The van der Waals surface area contributed by atoms with E-state index < -0.39 is 67.0 Å². The Morgan fingerprint density at radius 3 is 1.93 bits per heavy atom. The summed E-state index contributed by atoms with van der Waals surface area (Å²) in [6.07, 6.45) is -2.83. The van der Waals surface area contributed by atoms with E-state index in [-0.39, 0.29) is 25.4 Å². The number of hydrogen-bond acceptors (Lipinski definition) is 5. The molecule has 0 N–H and O–H groups in total. The van der Waals surface area contributed by atoms with Crippen molar-refractivity contribution in [2.75, 3.05) is 26.4 Å². The third-order valence-electron chi connectivity index (χ3n) is 6.72. The molecule has 0 aromatic rings. The van der Waals surface area contributed by atoms with Crippen LogP contribution in [0.4, 0.5) is 30.7 Å². The topological polar surface area (TPSA) is 54.0 Å². The largest absolute Gasteiger partial charge is 0.490 e. The van der Waals surface area contributed by atoms with E-state index in [9.17, 15) is 35.5 Å². The van der Waals surface area contributed by atoms with Crippen molar-refractivity contribution in [3.05, 3.63) is 0 Å². The molecule has 0 aromatic heterocycles. The first kappa shape index (κ1) is 22.1. The van der Waals surface area contributed by atoms with Crippen molar-refractivity contribution >= 4 is 5.97 Å². The molecule has 30 heavy (non-hydrogen) atoms. The highest BCUT2D eigenvalue weighted by atomic mass is 19.4. The van der Waals surface area contributed by atoms with Gasteiger partial charge in [0.05, 0.1) is 12.2 Å². The zero-order valence-electron chi connectivity index (χ0n) is 15.8. The van der Waals surface area contributed by atoms with E-state index in [0.29, 0.717) is 19.3 Å². The zero-order valence-corrected chi connectivity index (χ0v) is 15.8. The second-order valence-corrected chi connectivity index (χ2v) is 8.72. The number of ether oxygens (including phenoxy) is 4. The summed E-state index contributed by atoms with van der Waals surface area (Å²) in [5, 5.41) is 0. The Morgan fingerprint density at radius 2 is 1.43 bits per heavy atom. The van der Waals surface area contributed by atoms with Crippen LogP contribution in [0, 0.1) is 17.8 Å². The second kappa shape index (κ2) is 6.93. The number of alkyl halides is 7. The van der Waals surface area contributed by atoms with Gasteiger partial charge < -0.3 is 18.9 Å². The van der Waals surface area contributed by atoms with E-state index in [1.165, 1.54) is 0 Å². The van der Waals surface area contributed by atoms with Crippen molar-refractivity contribution in [2.45, 2.75) is 61.5 Å². The van der Waals surface area contributed by atoms with Gasteiger partial charge in [0, 0.05) is 11.8 Å². The fourth-order valence-electron chi connectivity index (χ4n) is 5.64. The molecule has 5 nitrogen and oxygen atoms in total. The summed E-state index contributed by atoms with van der Waals surface area (Å²) in [6, 6.07) is 0. The van der Waals surface area contributed by atoms with Crippen molar-refractivity contribution in [3.63, 3.8) is 0 Å². The van der Waals surface area contributed by atoms with Crippen LogP contribution >= 0.6 is 0 Å². The maximum absolute atomic E-state index is 13.8. The monoisotopic (exact) mass is 450 g/mol. The minimum Gasteiger partial charge on any atom is -0.457 e. The number of hydrogen-bond donors (Lipinski definition) is 0. The maximum Gasteiger partial charge on any atom is 0.490 e. The third kappa shape index (κ3) is 3.58. The summed E-state index contributed by atoms with van der Waals surface area (Å²) < 4.78 is 112. The van der Waals surface area contributed by atoms with Crippen LogP contribution < -0.4 is 0 Å². The van der Waals surface area contributed by atoms with Crippen LogP contribution in [0.3, 0.4) is 0 Å². The van der Waals surface area contributed by atoms with Gasteiger partial charge >= 0.3 is 24.0 Å².